The van der Waals surface area contributed by atoms with E-state index in [2.05, 4.69) is 39.5 Å². The lowest BCUT2D eigenvalue weighted by atomic mass is 9.83. The molecule has 0 aliphatic rings. The zero-order valence-electron chi connectivity index (χ0n) is 8.89. The second-order valence-corrected chi connectivity index (χ2v) is 4.30. The first-order valence-electron chi connectivity index (χ1n) is 4.57. The van der Waals surface area contributed by atoms with Crippen molar-refractivity contribution in [2.45, 2.75) is 26.2 Å². The summed E-state index contributed by atoms with van der Waals surface area (Å²) in [5.74, 6) is 0. The summed E-state index contributed by atoms with van der Waals surface area (Å²) < 4.78 is 0. The Kier molecular flexibility index (Phi) is 2.76. The minimum absolute atomic E-state index is 0.0635. The van der Waals surface area contributed by atoms with Crippen molar-refractivity contribution < 1.29 is 0 Å². The first-order chi connectivity index (χ1) is 6.49. The zero-order chi connectivity index (χ0) is 10.8. The molecule has 1 aromatic rings. The van der Waals surface area contributed by atoms with Crippen LogP contribution in [0.1, 0.15) is 37.5 Å². The highest BCUT2D eigenvalue weighted by Crippen LogP contribution is 2.26. The lowest BCUT2D eigenvalue weighted by molar-refractivity contribution is 0.587. The van der Waals surface area contributed by atoms with Gasteiger partial charge in [0.2, 0.25) is 0 Å². The molecular weight excluding hydrogens is 170 g/mol. The van der Waals surface area contributed by atoms with Crippen LogP contribution in [0.3, 0.4) is 0 Å². The monoisotopic (exact) mass is 184 g/mol. The van der Waals surface area contributed by atoms with E-state index in [1.165, 1.54) is 5.56 Å². The summed E-state index contributed by atoms with van der Waals surface area (Å²) in [6.07, 6.45) is 2.88. The standard InChI is InChI=1S/C13H14N/c1-5-11-8-10(9-14)6-7-12(11)13(2,3)4/h6-8H,1H2,2-4H3. The van der Waals surface area contributed by atoms with Gasteiger partial charge >= 0.3 is 0 Å². The fourth-order valence-electron chi connectivity index (χ4n) is 1.41. The summed E-state index contributed by atoms with van der Waals surface area (Å²) >= 11 is 0. The van der Waals surface area contributed by atoms with Gasteiger partial charge in [-0.05, 0) is 34.8 Å². The van der Waals surface area contributed by atoms with E-state index in [9.17, 15) is 0 Å². The molecule has 0 fully saturated rings. The molecule has 0 atom stereocenters. The van der Waals surface area contributed by atoms with Gasteiger partial charge in [-0.2, -0.15) is 5.26 Å². The molecule has 0 unspecified atom stereocenters. The van der Waals surface area contributed by atoms with Crippen molar-refractivity contribution in [3.63, 3.8) is 0 Å². The van der Waals surface area contributed by atoms with Crippen LogP contribution in [0.4, 0.5) is 0 Å². The molecular formula is C13H14N. The fraction of sp³-hybridized carbons (Fsp3) is 0.308. The van der Waals surface area contributed by atoms with Crippen LogP contribution in [0.25, 0.3) is 0 Å². The summed E-state index contributed by atoms with van der Waals surface area (Å²) in [6.45, 7) is 10.0. The van der Waals surface area contributed by atoms with Crippen molar-refractivity contribution in [1.82, 2.24) is 0 Å². The third kappa shape index (κ3) is 2.03. The Hall–Kier alpha value is -1.55. The Labute approximate surface area is 85.7 Å². The van der Waals surface area contributed by atoms with Crippen LogP contribution in [0.15, 0.2) is 24.8 Å². The predicted octanol–water partition coefficient (Wildman–Crippen LogP) is 3.19. The Morgan fingerprint density at radius 2 is 1.93 bits per heavy atom. The number of hydrogen-bond donors (Lipinski definition) is 0. The first kappa shape index (κ1) is 10.5. The number of rotatable bonds is 1. The van der Waals surface area contributed by atoms with Gasteiger partial charge in [0.05, 0.1) is 11.6 Å². The molecule has 0 aliphatic heterocycles. The van der Waals surface area contributed by atoms with E-state index in [0.717, 1.165) is 5.56 Å². The first-order valence-corrected chi connectivity index (χ1v) is 4.57. The van der Waals surface area contributed by atoms with Crippen molar-refractivity contribution in [2.24, 2.45) is 0 Å². The van der Waals surface area contributed by atoms with Crippen LogP contribution in [0.5, 0.6) is 0 Å². The molecule has 1 rings (SSSR count). The van der Waals surface area contributed by atoms with Crippen LogP contribution in [0, 0.1) is 17.4 Å². The lowest BCUT2D eigenvalue weighted by Gasteiger charge is -2.21. The molecule has 0 amide bonds. The maximum absolute atomic E-state index is 8.75. The summed E-state index contributed by atoms with van der Waals surface area (Å²) in [6, 6.07) is 7.75. The van der Waals surface area contributed by atoms with Crippen LogP contribution in [-0.4, -0.2) is 0 Å². The van der Waals surface area contributed by atoms with Crippen LogP contribution in [0.2, 0.25) is 0 Å². The minimum atomic E-state index is 0.0635. The third-order valence-corrected chi connectivity index (χ3v) is 2.15. The maximum Gasteiger partial charge on any atom is 0.0991 e. The average molecular weight is 184 g/mol. The molecule has 1 nitrogen and oxygen atoms in total. The van der Waals surface area contributed by atoms with Gasteiger partial charge in [0.15, 0.2) is 0 Å². The van der Waals surface area contributed by atoms with E-state index in [1.54, 1.807) is 0 Å². The van der Waals surface area contributed by atoms with E-state index >= 15 is 0 Å². The highest BCUT2D eigenvalue weighted by molar-refractivity contribution is 5.43. The summed E-state index contributed by atoms with van der Waals surface area (Å²) in [5, 5.41) is 8.75. The molecule has 0 saturated carbocycles. The van der Waals surface area contributed by atoms with Gasteiger partial charge in [0.25, 0.3) is 0 Å². The van der Waals surface area contributed by atoms with Crippen molar-refractivity contribution in [1.29, 1.82) is 5.26 Å². The van der Waals surface area contributed by atoms with E-state index in [1.807, 2.05) is 18.2 Å². The highest BCUT2D eigenvalue weighted by atomic mass is 14.2. The Morgan fingerprint density at radius 1 is 1.29 bits per heavy atom. The molecule has 14 heavy (non-hydrogen) atoms. The van der Waals surface area contributed by atoms with Gasteiger partial charge in [0.1, 0.15) is 0 Å². The molecule has 0 aliphatic carbocycles. The molecule has 0 bridgehead atoms. The molecule has 0 N–H and O–H groups in total. The second-order valence-electron chi connectivity index (χ2n) is 4.30. The van der Waals surface area contributed by atoms with Crippen molar-refractivity contribution in [2.75, 3.05) is 0 Å². The Bertz CT molecular complexity index is 389. The van der Waals surface area contributed by atoms with E-state index in [-0.39, 0.29) is 5.41 Å². The van der Waals surface area contributed by atoms with Crippen molar-refractivity contribution in [3.05, 3.63) is 47.5 Å². The van der Waals surface area contributed by atoms with Gasteiger partial charge in [-0.25, -0.2) is 0 Å². The summed E-state index contributed by atoms with van der Waals surface area (Å²) in [5.41, 5.74) is 2.82. The lowest BCUT2D eigenvalue weighted by Crippen LogP contribution is -2.13. The average Bonchev–Trinajstić information content (AvgIpc) is 2.15. The molecule has 0 aromatic heterocycles. The van der Waals surface area contributed by atoms with Gasteiger partial charge in [-0.1, -0.05) is 33.4 Å². The quantitative estimate of drug-likeness (QED) is 0.657. The van der Waals surface area contributed by atoms with Crippen molar-refractivity contribution >= 4 is 0 Å². The van der Waals surface area contributed by atoms with E-state index in [0.29, 0.717) is 5.56 Å². The molecule has 0 saturated heterocycles. The van der Waals surface area contributed by atoms with E-state index in [4.69, 9.17) is 5.26 Å². The molecule has 0 heterocycles. The number of nitrogens with zero attached hydrogens (tertiary/aromatic N) is 1. The molecule has 1 radical (unpaired) electrons. The fourth-order valence-corrected chi connectivity index (χ4v) is 1.41. The Balaban J connectivity index is 3.34. The minimum Gasteiger partial charge on any atom is -0.192 e. The molecule has 1 heteroatoms. The zero-order valence-corrected chi connectivity index (χ0v) is 8.89. The summed E-state index contributed by atoms with van der Waals surface area (Å²) in [4.78, 5) is 0. The Morgan fingerprint density at radius 3 is 2.36 bits per heavy atom. The smallest absolute Gasteiger partial charge is 0.0991 e. The van der Waals surface area contributed by atoms with Gasteiger partial charge < -0.3 is 0 Å². The number of hydrogen-bond acceptors (Lipinski definition) is 1. The largest absolute Gasteiger partial charge is 0.192 e. The van der Waals surface area contributed by atoms with Gasteiger partial charge in [-0.15, -0.1) is 0 Å². The molecule has 1 aromatic carbocycles. The van der Waals surface area contributed by atoms with Gasteiger partial charge in [-0.3, -0.25) is 0 Å². The normalized spacial score (nSPS) is 10.7. The highest BCUT2D eigenvalue weighted by Gasteiger charge is 2.16. The van der Waals surface area contributed by atoms with E-state index < -0.39 is 0 Å². The van der Waals surface area contributed by atoms with Crippen LogP contribution < -0.4 is 0 Å². The third-order valence-electron chi connectivity index (χ3n) is 2.15. The van der Waals surface area contributed by atoms with Crippen molar-refractivity contribution in [3.8, 4) is 6.07 Å². The van der Waals surface area contributed by atoms with Crippen LogP contribution in [-0.2, 0) is 5.41 Å². The predicted molar refractivity (Wildman–Crippen MR) is 57.8 cm³/mol. The maximum atomic E-state index is 8.75. The van der Waals surface area contributed by atoms with Gasteiger partial charge in [0, 0.05) is 0 Å². The molecule has 71 valence electrons. The topological polar surface area (TPSA) is 23.8 Å². The number of nitriles is 1. The van der Waals surface area contributed by atoms with Crippen LogP contribution >= 0.6 is 0 Å². The SMILES string of the molecule is C=[C]c1cc(C#N)ccc1C(C)(C)C. The second kappa shape index (κ2) is 3.67. The summed E-state index contributed by atoms with van der Waals surface area (Å²) in [7, 11) is 0. The number of benzene rings is 1. The molecule has 0 spiro atoms.